The number of amides is 4. The van der Waals surface area contributed by atoms with Crippen LogP contribution in [-0.2, 0) is 9.59 Å². The molecule has 1 saturated heterocycles. The summed E-state index contributed by atoms with van der Waals surface area (Å²) in [5, 5.41) is 0. The van der Waals surface area contributed by atoms with E-state index in [4.69, 9.17) is 0 Å². The maximum absolute atomic E-state index is 12.4. The summed E-state index contributed by atoms with van der Waals surface area (Å²) in [7, 11) is 0. The first-order valence-corrected chi connectivity index (χ1v) is 7.64. The summed E-state index contributed by atoms with van der Waals surface area (Å²) in [5.74, 6) is -2.13. The number of benzene rings is 1. The number of carbonyl (C=O) groups excluding carboxylic acids is 4. The molecule has 0 atom stereocenters. The molecule has 0 aliphatic carbocycles. The largest absolute Gasteiger partial charge is 0.334 e. The van der Waals surface area contributed by atoms with Crippen molar-refractivity contribution in [2.24, 2.45) is 0 Å². The molecule has 0 unspecified atom stereocenters. The Morgan fingerprint density at radius 2 is 1.70 bits per heavy atom. The SMILES string of the molecule is CCCCN1C(=O)C(=O)N(CC(=O)c2ccc(C)cc2C)C1=O. The summed E-state index contributed by atoms with van der Waals surface area (Å²) in [6.45, 7) is 5.43. The van der Waals surface area contributed by atoms with Gasteiger partial charge in [-0.25, -0.2) is 9.69 Å². The van der Waals surface area contributed by atoms with E-state index in [9.17, 15) is 19.2 Å². The number of nitrogens with zero attached hydrogens (tertiary/aromatic N) is 2. The van der Waals surface area contributed by atoms with E-state index in [2.05, 4.69) is 0 Å². The first kappa shape index (κ1) is 16.9. The number of rotatable bonds is 6. The second kappa shape index (κ2) is 6.73. The van der Waals surface area contributed by atoms with Gasteiger partial charge in [0.15, 0.2) is 5.78 Å². The lowest BCUT2D eigenvalue weighted by Gasteiger charge is -2.15. The molecule has 122 valence electrons. The molecule has 6 heteroatoms. The van der Waals surface area contributed by atoms with E-state index in [0.717, 1.165) is 27.3 Å². The Bertz CT molecular complexity index is 681. The lowest BCUT2D eigenvalue weighted by molar-refractivity contribution is -0.143. The molecule has 4 amide bonds. The Kier molecular flexibility index (Phi) is 4.93. The van der Waals surface area contributed by atoms with Crippen LogP contribution in [0.1, 0.15) is 41.3 Å². The molecular formula is C17H20N2O4. The average Bonchev–Trinajstić information content (AvgIpc) is 2.69. The van der Waals surface area contributed by atoms with E-state index in [0.29, 0.717) is 12.0 Å². The molecule has 1 aromatic carbocycles. The first-order valence-electron chi connectivity index (χ1n) is 7.64. The van der Waals surface area contributed by atoms with Crippen molar-refractivity contribution in [1.29, 1.82) is 0 Å². The summed E-state index contributed by atoms with van der Waals surface area (Å²) >= 11 is 0. The molecule has 2 rings (SSSR count). The van der Waals surface area contributed by atoms with Crippen LogP contribution < -0.4 is 0 Å². The molecule has 1 aromatic rings. The molecule has 1 aliphatic heterocycles. The second-order valence-corrected chi connectivity index (χ2v) is 5.73. The van der Waals surface area contributed by atoms with Gasteiger partial charge in [-0.3, -0.25) is 19.3 Å². The molecular weight excluding hydrogens is 296 g/mol. The van der Waals surface area contributed by atoms with Gasteiger partial charge in [0.25, 0.3) is 0 Å². The molecule has 0 N–H and O–H groups in total. The predicted octanol–water partition coefficient (Wildman–Crippen LogP) is 2.08. The van der Waals surface area contributed by atoms with Gasteiger partial charge in [-0.2, -0.15) is 0 Å². The molecule has 0 radical (unpaired) electrons. The van der Waals surface area contributed by atoms with Crippen molar-refractivity contribution in [2.45, 2.75) is 33.6 Å². The summed E-state index contributed by atoms with van der Waals surface area (Å²) < 4.78 is 0. The van der Waals surface area contributed by atoms with Crippen LogP contribution in [-0.4, -0.2) is 46.5 Å². The minimum absolute atomic E-state index is 0.203. The number of Topliss-reactive ketones (excluding diaryl/α,β-unsaturated/α-hetero) is 1. The number of ketones is 1. The Labute approximate surface area is 135 Å². The third-order valence-corrected chi connectivity index (χ3v) is 3.85. The van der Waals surface area contributed by atoms with Crippen LogP contribution in [0.15, 0.2) is 18.2 Å². The number of imide groups is 2. The minimum Gasteiger partial charge on any atom is -0.292 e. The van der Waals surface area contributed by atoms with Gasteiger partial charge in [0.2, 0.25) is 0 Å². The van der Waals surface area contributed by atoms with Crippen LogP contribution in [0.3, 0.4) is 0 Å². The van der Waals surface area contributed by atoms with E-state index < -0.39 is 24.4 Å². The molecule has 1 heterocycles. The minimum atomic E-state index is -0.927. The molecule has 1 aliphatic rings. The van der Waals surface area contributed by atoms with Gasteiger partial charge in [0, 0.05) is 12.1 Å². The Balaban J connectivity index is 2.16. The monoisotopic (exact) mass is 316 g/mol. The molecule has 0 aromatic heterocycles. The highest BCUT2D eigenvalue weighted by atomic mass is 16.2. The highest BCUT2D eigenvalue weighted by Crippen LogP contribution is 2.16. The Morgan fingerprint density at radius 1 is 1.04 bits per heavy atom. The first-order chi connectivity index (χ1) is 10.9. The van der Waals surface area contributed by atoms with E-state index in [-0.39, 0.29) is 12.3 Å². The number of hydrogen-bond donors (Lipinski definition) is 0. The van der Waals surface area contributed by atoms with Crippen molar-refractivity contribution in [3.63, 3.8) is 0 Å². The van der Waals surface area contributed by atoms with Gasteiger partial charge in [0.1, 0.15) is 0 Å². The number of unbranched alkanes of at least 4 members (excludes halogenated alkanes) is 1. The zero-order valence-corrected chi connectivity index (χ0v) is 13.6. The van der Waals surface area contributed by atoms with Gasteiger partial charge in [-0.05, 0) is 25.8 Å². The summed E-state index contributed by atoms with van der Waals surface area (Å²) in [4.78, 5) is 50.0. The van der Waals surface area contributed by atoms with E-state index in [1.165, 1.54) is 0 Å². The topological polar surface area (TPSA) is 74.8 Å². The fourth-order valence-corrected chi connectivity index (χ4v) is 2.56. The summed E-state index contributed by atoms with van der Waals surface area (Å²) in [6.07, 6.45) is 1.43. The quantitative estimate of drug-likeness (QED) is 0.457. The lowest BCUT2D eigenvalue weighted by Crippen LogP contribution is -2.37. The zero-order valence-electron chi connectivity index (χ0n) is 13.6. The highest BCUT2D eigenvalue weighted by Gasteiger charge is 2.44. The predicted molar refractivity (Wildman–Crippen MR) is 84.0 cm³/mol. The van der Waals surface area contributed by atoms with Crippen molar-refractivity contribution in [2.75, 3.05) is 13.1 Å². The van der Waals surface area contributed by atoms with Crippen LogP contribution >= 0.6 is 0 Å². The van der Waals surface area contributed by atoms with Crippen molar-refractivity contribution >= 4 is 23.6 Å². The Morgan fingerprint density at radius 3 is 2.30 bits per heavy atom. The van der Waals surface area contributed by atoms with Crippen LogP contribution in [0.5, 0.6) is 0 Å². The second-order valence-electron chi connectivity index (χ2n) is 5.73. The highest BCUT2D eigenvalue weighted by molar-refractivity contribution is 6.45. The van der Waals surface area contributed by atoms with Gasteiger partial charge < -0.3 is 0 Å². The van der Waals surface area contributed by atoms with Gasteiger partial charge in [-0.1, -0.05) is 37.1 Å². The fourth-order valence-electron chi connectivity index (χ4n) is 2.56. The van der Waals surface area contributed by atoms with Crippen LogP contribution in [0.25, 0.3) is 0 Å². The molecule has 0 bridgehead atoms. The maximum Gasteiger partial charge on any atom is 0.334 e. The molecule has 6 nitrogen and oxygen atoms in total. The van der Waals surface area contributed by atoms with E-state index >= 15 is 0 Å². The fraction of sp³-hybridized carbons (Fsp3) is 0.412. The van der Waals surface area contributed by atoms with Crippen molar-refractivity contribution in [3.05, 3.63) is 34.9 Å². The standard InChI is InChI=1S/C17H20N2O4/c1-4-5-8-18-15(21)16(22)19(17(18)23)10-14(20)13-7-6-11(2)9-12(13)3/h6-7,9H,4-5,8,10H2,1-3H3. The molecule has 0 spiro atoms. The number of carbonyl (C=O) groups is 4. The summed E-state index contributed by atoms with van der Waals surface area (Å²) in [6, 6.07) is 4.63. The smallest absolute Gasteiger partial charge is 0.292 e. The van der Waals surface area contributed by atoms with E-state index in [1.54, 1.807) is 19.1 Å². The average molecular weight is 316 g/mol. The van der Waals surface area contributed by atoms with Crippen molar-refractivity contribution < 1.29 is 19.2 Å². The third-order valence-electron chi connectivity index (χ3n) is 3.85. The number of urea groups is 1. The lowest BCUT2D eigenvalue weighted by atomic mass is 10.0. The zero-order chi connectivity index (χ0) is 17.1. The van der Waals surface area contributed by atoms with Gasteiger partial charge >= 0.3 is 17.8 Å². The Hall–Kier alpha value is -2.50. The number of aryl methyl sites for hydroxylation is 2. The van der Waals surface area contributed by atoms with Crippen LogP contribution in [0, 0.1) is 13.8 Å². The van der Waals surface area contributed by atoms with Crippen LogP contribution in [0.2, 0.25) is 0 Å². The molecule has 0 saturated carbocycles. The molecule has 23 heavy (non-hydrogen) atoms. The van der Waals surface area contributed by atoms with Crippen molar-refractivity contribution in [1.82, 2.24) is 9.80 Å². The molecule has 1 fully saturated rings. The van der Waals surface area contributed by atoms with Crippen LogP contribution in [0.4, 0.5) is 4.79 Å². The van der Waals surface area contributed by atoms with Gasteiger partial charge in [0.05, 0.1) is 6.54 Å². The third kappa shape index (κ3) is 3.31. The number of hydrogen-bond acceptors (Lipinski definition) is 4. The summed E-state index contributed by atoms with van der Waals surface area (Å²) in [5.41, 5.74) is 2.26. The van der Waals surface area contributed by atoms with Gasteiger partial charge in [-0.15, -0.1) is 0 Å². The maximum atomic E-state index is 12.4. The van der Waals surface area contributed by atoms with E-state index in [1.807, 2.05) is 19.9 Å². The normalized spacial score (nSPS) is 14.8. The van der Waals surface area contributed by atoms with Crippen molar-refractivity contribution in [3.8, 4) is 0 Å².